The first kappa shape index (κ1) is 14.3. The average Bonchev–Trinajstić information content (AvgIpc) is 2.77. The highest BCUT2D eigenvalue weighted by molar-refractivity contribution is 5.18. The van der Waals surface area contributed by atoms with Gasteiger partial charge in [0.25, 0.3) is 0 Å². The third kappa shape index (κ3) is 3.32. The van der Waals surface area contributed by atoms with E-state index in [1.165, 1.54) is 18.9 Å². The summed E-state index contributed by atoms with van der Waals surface area (Å²) >= 11 is 0. The van der Waals surface area contributed by atoms with Gasteiger partial charge in [0.2, 0.25) is 0 Å². The second kappa shape index (κ2) is 6.39. The van der Waals surface area contributed by atoms with Gasteiger partial charge in [-0.2, -0.15) is 0 Å². The summed E-state index contributed by atoms with van der Waals surface area (Å²) in [6.45, 7) is 3.52. The zero-order chi connectivity index (χ0) is 14.7. The van der Waals surface area contributed by atoms with E-state index in [1.54, 1.807) is 6.07 Å². The van der Waals surface area contributed by atoms with Crippen molar-refractivity contribution in [2.24, 2.45) is 0 Å². The highest BCUT2D eigenvalue weighted by atomic mass is 19.1. The van der Waals surface area contributed by atoms with Crippen molar-refractivity contribution in [1.82, 2.24) is 10.1 Å². The number of hydrogen-bond donors (Lipinski definition) is 0. The molecule has 3 nitrogen and oxygen atoms in total. The summed E-state index contributed by atoms with van der Waals surface area (Å²) in [7, 11) is 0. The first-order valence-corrected chi connectivity index (χ1v) is 7.65. The highest BCUT2D eigenvalue weighted by Gasteiger charge is 2.25. The van der Waals surface area contributed by atoms with Gasteiger partial charge in [-0.05, 0) is 32.4 Å². The standard InChI is InChI=1S/C17H21FN2O/c1-13-11-16(19-21-13)17-9-3-2-6-10-20(17)12-14-7-4-5-8-15(14)18/h4-5,7-8,11,17H,2-3,6,9-10,12H2,1H3/t17-/m0/s1. The number of rotatable bonds is 3. The van der Waals surface area contributed by atoms with Gasteiger partial charge in [0, 0.05) is 18.2 Å². The third-order valence-corrected chi connectivity index (χ3v) is 4.18. The molecule has 0 aliphatic carbocycles. The molecule has 4 heteroatoms. The lowest BCUT2D eigenvalue weighted by molar-refractivity contribution is 0.181. The van der Waals surface area contributed by atoms with E-state index in [0.717, 1.165) is 36.4 Å². The summed E-state index contributed by atoms with van der Waals surface area (Å²) in [4.78, 5) is 2.34. The Morgan fingerprint density at radius 1 is 1.29 bits per heavy atom. The molecule has 2 aromatic rings. The summed E-state index contributed by atoms with van der Waals surface area (Å²) in [5.41, 5.74) is 1.73. The maximum absolute atomic E-state index is 13.9. The fraction of sp³-hybridized carbons (Fsp3) is 0.471. The first-order valence-electron chi connectivity index (χ1n) is 7.65. The van der Waals surface area contributed by atoms with Gasteiger partial charge in [-0.25, -0.2) is 4.39 Å². The Morgan fingerprint density at radius 3 is 2.90 bits per heavy atom. The van der Waals surface area contributed by atoms with Crippen molar-refractivity contribution in [3.05, 3.63) is 53.2 Å². The van der Waals surface area contributed by atoms with Crippen LogP contribution in [0.15, 0.2) is 34.9 Å². The van der Waals surface area contributed by atoms with E-state index >= 15 is 0 Å². The topological polar surface area (TPSA) is 29.3 Å². The Hall–Kier alpha value is -1.68. The number of benzene rings is 1. The van der Waals surface area contributed by atoms with Crippen molar-refractivity contribution in [3.8, 4) is 0 Å². The molecule has 2 heterocycles. The van der Waals surface area contributed by atoms with Crippen LogP contribution in [0.5, 0.6) is 0 Å². The molecule has 3 rings (SSSR count). The van der Waals surface area contributed by atoms with Crippen molar-refractivity contribution >= 4 is 0 Å². The molecule has 0 saturated carbocycles. The Morgan fingerprint density at radius 2 is 2.14 bits per heavy atom. The maximum Gasteiger partial charge on any atom is 0.133 e. The molecule has 1 atom stereocenters. The number of halogens is 1. The van der Waals surface area contributed by atoms with E-state index < -0.39 is 0 Å². The van der Waals surface area contributed by atoms with Gasteiger partial charge in [-0.3, -0.25) is 4.90 Å². The Kier molecular flexibility index (Phi) is 4.34. The predicted molar refractivity (Wildman–Crippen MR) is 79.3 cm³/mol. The lowest BCUT2D eigenvalue weighted by Crippen LogP contribution is -2.28. The minimum absolute atomic E-state index is 0.128. The zero-order valence-electron chi connectivity index (χ0n) is 12.4. The second-order valence-electron chi connectivity index (χ2n) is 5.79. The molecule has 0 bridgehead atoms. The molecule has 112 valence electrons. The average molecular weight is 288 g/mol. The molecule has 0 unspecified atom stereocenters. The van der Waals surface area contributed by atoms with Crippen LogP contribution in [0.1, 0.15) is 48.7 Å². The van der Waals surface area contributed by atoms with Crippen molar-refractivity contribution in [3.63, 3.8) is 0 Å². The van der Waals surface area contributed by atoms with Crippen LogP contribution >= 0.6 is 0 Å². The molecular weight excluding hydrogens is 267 g/mol. The first-order chi connectivity index (χ1) is 10.2. The monoisotopic (exact) mass is 288 g/mol. The van der Waals surface area contributed by atoms with Crippen LogP contribution in [0.4, 0.5) is 4.39 Å². The van der Waals surface area contributed by atoms with Crippen LogP contribution in [0.25, 0.3) is 0 Å². The summed E-state index contributed by atoms with van der Waals surface area (Å²) in [6, 6.07) is 9.26. The molecule has 1 aliphatic heterocycles. The van der Waals surface area contributed by atoms with Crippen LogP contribution in [-0.2, 0) is 6.54 Å². The summed E-state index contributed by atoms with van der Waals surface area (Å²) in [6.07, 6.45) is 4.62. The zero-order valence-corrected chi connectivity index (χ0v) is 12.4. The number of hydrogen-bond acceptors (Lipinski definition) is 3. The molecule has 0 spiro atoms. The smallest absolute Gasteiger partial charge is 0.133 e. The van der Waals surface area contributed by atoms with Gasteiger partial charge in [0.05, 0.1) is 6.04 Å². The molecule has 21 heavy (non-hydrogen) atoms. The van der Waals surface area contributed by atoms with Gasteiger partial charge in [-0.1, -0.05) is 36.2 Å². The minimum atomic E-state index is -0.128. The molecule has 1 aliphatic rings. The van der Waals surface area contributed by atoms with E-state index in [0.29, 0.717) is 6.54 Å². The lowest BCUT2D eigenvalue weighted by Gasteiger charge is -2.28. The minimum Gasteiger partial charge on any atom is -0.361 e. The van der Waals surface area contributed by atoms with E-state index in [9.17, 15) is 4.39 Å². The summed E-state index contributed by atoms with van der Waals surface area (Å²) in [5, 5.41) is 4.18. The molecule has 0 radical (unpaired) electrons. The molecule has 1 fully saturated rings. The second-order valence-corrected chi connectivity index (χ2v) is 5.79. The number of aromatic nitrogens is 1. The van der Waals surface area contributed by atoms with Crippen molar-refractivity contribution < 1.29 is 8.91 Å². The molecule has 1 saturated heterocycles. The molecular formula is C17H21FN2O. The quantitative estimate of drug-likeness (QED) is 0.846. The fourth-order valence-electron chi connectivity index (χ4n) is 3.08. The van der Waals surface area contributed by atoms with Gasteiger partial charge in [0.1, 0.15) is 17.3 Å². The largest absolute Gasteiger partial charge is 0.361 e. The Bertz CT molecular complexity index is 596. The van der Waals surface area contributed by atoms with Crippen LogP contribution in [0, 0.1) is 12.7 Å². The van der Waals surface area contributed by atoms with Gasteiger partial charge in [-0.15, -0.1) is 0 Å². The van der Waals surface area contributed by atoms with E-state index in [2.05, 4.69) is 10.1 Å². The normalized spacial score (nSPS) is 20.4. The van der Waals surface area contributed by atoms with Crippen molar-refractivity contribution in [1.29, 1.82) is 0 Å². The molecule has 1 aromatic carbocycles. The van der Waals surface area contributed by atoms with E-state index in [1.807, 2.05) is 25.1 Å². The number of likely N-dealkylation sites (tertiary alicyclic amines) is 1. The molecule has 0 N–H and O–H groups in total. The summed E-state index contributed by atoms with van der Waals surface area (Å²) in [5.74, 6) is 0.705. The predicted octanol–water partition coefficient (Wildman–Crippen LogP) is 4.24. The Labute approximate surface area is 124 Å². The van der Waals surface area contributed by atoms with Crippen LogP contribution in [0.3, 0.4) is 0 Å². The lowest BCUT2D eigenvalue weighted by atomic mass is 10.1. The molecule has 1 aromatic heterocycles. The van der Waals surface area contributed by atoms with Gasteiger partial charge in [0.15, 0.2) is 0 Å². The fourth-order valence-corrected chi connectivity index (χ4v) is 3.08. The maximum atomic E-state index is 13.9. The highest BCUT2D eigenvalue weighted by Crippen LogP contribution is 2.31. The van der Waals surface area contributed by atoms with Gasteiger partial charge >= 0.3 is 0 Å². The van der Waals surface area contributed by atoms with Crippen LogP contribution in [0.2, 0.25) is 0 Å². The van der Waals surface area contributed by atoms with Crippen LogP contribution < -0.4 is 0 Å². The van der Waals surface area contributed by atoms with Gasteiger partial charge < -0.3 is 4.52 Å². The van der Waals surface area contributed by atoms with E-state index in [4.69, 9.17) is 4.52 Å². The third-order valence-electron chi connectivity index (χ3n) is 4.18. The Balaban J connectivity index is 1.84. The number of nitrogens with zero attached hydrogens (tertiary/aromatic N) is 2. The number of aryl methyl sites for hydroxylation is 1. The van der Waals surface area contributed by atoms with Crippen LogP contribution in [-0.4, -0.2) is 16.6 Å². The van der Waals surface area contributed by atoms with Crippen molar-refractivity contribution in [2.45, 2.75) is 45.2 Å². The molecule has 0 amide bonds. The van der Waals surface area contributed by atoms with Crippen molar-refractivity contribution in [2.75, 3.05) is 6.54 Å². The summed E-state index contributed by atoms with van der Waals surface area (Å²) < 4.78 is 19.1. The van der Waals surface area contributed by atoms with E-state index in [-0.39, 0.29) is 11.9 Å². The SMILES string of the molecule is Cc1cc([C@@H]2CCCCCN2Cc2ccccc2F)no1.